The minimum atomic E-state index is -0.542. The zero-order valence-electron chi connectivity index (χ0n) is 18.3. The Kier molecular flexibility index (Phi) is 5.49. The third-order valence-corrected chi connectivity index (χ3v) is 5.19. The van der Waals surface area contributed by atoms with Gasteiger partial charge in [-0.25, -0.2) is 18.3 Å². The van der Waals surface area contributed by atoms with E-state index in [0.29, 0.717) is 22.4 Å². The number of fused-ring (bicyclic) bond motifs is 1. The normalized spacial score (nSPS) is 11.0. The van der Waals surface area contributed by atoms with Crippen molar-refractivity contribution in [3.63, 3.8) is 0 Å². The number of pyridine rings is 1. The van der Waals surface area contributed by atoms with E-state index in [1.165, 1.54) is 35.7 Å². The molecule has 1 N–H and O–H groups in total. The molecule has 0 aliphatic rings. The molecule has 0 unspecified atom stereocenters. The first-order valence-electron chi connectivity index (χ1n) is 10.5. The van der Waals surface area contributed by atoms with Crippen LogP contribution in [0.2, 0.25) is 0 Å². The van der Waals surface area contributed by atoms with Crippen molar-refractivity contribution >= 4 is 23.0 Å². The van der Waals surface area contributed by atoms with Gasteiger partial charge in [-0.2, -0.15) is 4.98 Å². The van der Waals surface area contributed by atoms with Crippen LogP contribution in [0.3, 0.4) is 0 Å². The van der Waals surface area contributed by atoms with Crippen molar-refractivity contribution in [1.29, 1.82) is 0 Å². The summed E-state index contributed by atoms with van der Waals surface area (Å²) in [5.41, 5.74) is 1.34. The highest BCUT2D eigenvalue weighted by Crippen LogP contribution is 2.24. The first kappa shape index (κ1) is 21.9. The second-order valence-corrected chi connectivity index (χ2v) is 7.67. The topological polar surface area (TPSA) is 124 Å². The number of carbonyl (C=O) groups excluding carboxylic acids is 2. The number of nitrogens with zero attached hydrogens (tertiary/aromatic N) is 5. The number of amides is 1. The summed E-state index contributed by atoms with van der Waals surface area (Å²) in [7, 11) is 0. The number of aromatic nitrogens is 5. The summed E-state index contributed by atoms with van der Waals surface area (Å²) < 4.78 is 21.1. The van der Waals surface area contributed by atoms with Crippen LogP contribution < -0.4 is 11.0 Å². The van der Waals surface area contributed by atoms with Crippen LogP contribution in [0.15, 0.2) is 76.2 Å². The number of ketones is 1. The Morgan fingerprint density at radius 3 is 2.71 bits per heavy atom. The predicted molar refractivity (Wildman–Crippen MR) is 123 cm³/mol. The van der Waals surface area contributed by atoms with Crippen molar-refractivity contribution in [1.82, 2.24) is 24.3 Å². The number of hydrogen-bond acceptors (Lipinski definition) is 7. The molecule has 0 saturated heterocycles. The van der Waals surface area contributed by atoms with Gasteiger partial charge in [-0.05, 0) is 43.3 Å². The van der Waals surface area contributed by atoms with E-state index in [4.69, 9.17) is 4.52 Å². The van der Waals surface area contributed by atoms with Gasteiger partial charge in [0.1, 0.15) is 12.4 Å². The van der Waals surface area contributed by atoms with Gasteiger partial charge in [-0.1, -0.05) is 29.4 Å². The van der Waals surface area contributed by atoms with Crippen molar-refractivity contribution in [3.8, 4) is 22.8 Å². The molecule has 5 aromatic rings. The molecule has 1 amide bonds. The molecule has 3 heterocycles. The van der Waals surface area contributed by atoms with Crippen LogP contribution >= 0.6 is 0 Å². The maximum absolute atomic E-state index is 13.6. The summed E-state index contributed by atoms with van der Waals surface area (Å²) in [6, 6.07) is 15.5. The van der Waals surface area contributed by atoms with E-state index in [2.05, 4.69) is 20.6 Å². The van der Waals surface area contributed by atoms with Gasteiger partial charge in [0.25, 0.3) is 5.89 Å². The van der Waals surface area contributed by atoms with Gasteiger partial charge in [-0.15, -0.1) is 5.10 Å². The first-order valence-corrected chi connectivity index (χ1v) is 10.5. The Morgan fingerprint density at radius 1 is 1.09 bits per heavy atom. The van der Waals surface area contributed by atoms with Crippen molar-refractivity contribution < 1.29 is 18.5 Å². The van der Waals surface area contributed by atoms with Crippen LogP contribution in [0.4, 0.5) is 10.1 Å². The van der Waals surface area contributed by atoms with E-state index < -0.39 is 17.4 Å². The molecular formula is C24H17FN6O4. The summed E-state index contributed by atoms with van der Waals surface area (Å²) in [6.07, 6.45) is 1.50. The van der Waals surface area contributed by atoms with Crippen LogP contribution in [-0.2, 0) is 11.3 Å². The molecule has 5 rings (SSSR count). The molecule has 174 valence electrons. The maximum Gasteiger partial charge on any atom is 0.350 e. The van der Waals surface area contributed by atoms with Crippen LogP contribution in [0.25, 0.3) is 28.5 Å². The van der Waals surface area contributed by atoms with Crippen LogP contribution in [0.5, 0.6) is 0 Å². The Hall–Kier alpha value is -4.93. The van der Waals surface area contributed by atoms with Gasteiger partial charge in [0.05, 0.1) is 5.56 Å². The fourth-order valence-electron chi connectivity index (χ4n) is 3.54. The lowest BCUT2D eigenvalue weighted by atomic mass is 10.1. The minimum absolute atomic E-state index is 0.0810. The Labute approximate surface area is 196 Å². The number of Topliss-reactive ketones (excluding diaryl/α,β-unsaturated/α-hetero) is 1. The number of halogens is 1. The number of benzene rings is 2. The molecule has 0 fully saturated rings. The van der Waals surface area contributed by atoms with Crippen LogP contribution in [0, 0.1) is 5.82 Å². The van der Waals surface area contributed by atoms with Gasteiger partial charge in [0.2, 0.25) is 11.7 Å². The maximum atomic E-state index is 13.6. The van der Waals surface area contributed by atoms with Crippen molar-refractivity contribution in [2.75, 3.05) is 5.32 Å². The Bertz CT molecular complexity index is 1650. The molecule has 0 aliphatic heterocycles. The number of rotatable bonds is 6. The number of carbonyl (C=O) groups is 2. The summed E-state index contributed by atoms with van der Waals surface area (Å²) >= 11 is 0. The van der Waals surface area contributed by atoms with Gasteiger partial charge >= 0.3 is 5.69 Å². The summed E-state index contributed by atoms with van der Waals surface area (Å²) in [5.74, 6) is -0.809. The first-order chi connectivity index (χ1) is 16.9. The van der Waals surface area contributed by atoms with Crippen LogP contribution in [-0.4, -0.2) is 36.0 Å². The van der Waals surface area contributed by atoms with Gasteiger partial charge in [0.15, 0.2) is 11.4 Å². The quantitative estimate of drug-likeness (QED) is 0.376. The van der Waals surface area contributed by atoms with Gasteiger partial charge in [0, 0.05) is 23.0 Å². The molecule has 11 heteroatoms. The fraction of sp³-hybridized carbons (Fsp3) is 0.0833. The standard InChI is InChI=1S/C24H17FN6O4/c1-14(32)15-5-3-8-18(12-15)26-20(33)13-31-24(34)30-10-4-9-19(22(30)28-31)23-27-21(29-35-23)16-6-2-7-17(25)11-16/h2-12H,13H2,1H3,(H,26,33). The molecule has 3 aromatic heterocycles. The van der Waals surface area contributed by atoms with E-state index >= 15 is 0 Å². The molecule has 0 spiro atoms. The van der Waals surface area contributed by atoms with Gasteiger partial charge in [-0.3, -0.25) is 9.59 Å². The van der Waals surface area contributed by atoms with E-state index in [9.17, 15) is 18.8 Å². The molecule has 35 heavy (non-hydrogen) atoms. The molecule has 0 radical (unpaired) electrons. The number of nitrogens with one attached hydrogen (secondary N) is 1. The predicted octanol–water partition coefficient (Wildman–Crippen LogP) is 3.19. The summed E-state index contributed by atoms with van der Waals surface area (Å²) in [6.45, 7) is 1.07. The van der Waals surface area contributed by atoms with E-state index in [0.717, 1.165) is 4.68 Å². The summed E-state index contributed by atoms with van der Waals surface area (Å²) in [4.78, 5) is 41.3. The third kappa shape index (κ3) is 4.34. The zero-order valence-corrected chi connectivity index (χ0v) is 18.3. The average Bonchev–Trinajstić information content (AvgIpc) is 3.45. The fourth-order valence-corrected chi connectivity index (χ4v) is 3.54. The van der Waals surface area contributed by atoms with Crippen molar-refractivity contribution in [3.05, 3.63) is 88.7 Å². The van der Waals surface area contributed by atoms with E-state index in [1.807, 2.05) is 0 Å². The molecule has 10 nitrogen and oxygen atoms in total. The van der Waals surface area contributed by atoms with Crippen molar-refractivity contribution in [2.24, 2.45) is 0 Å². The minimum Gasteiger partial charge on any atom is -0.333 e. The second-order valence-electron chi connectivity index (χ2n) is 7.67. The van der Waals surface area contributed by atoms with E-state index in [-0.39, 0.29) is 29.7 Å². The van der Waals surface area contributed by atoms with Gasteiger partial charge < -0.3 is 9.84 Å². The average molecular weight is 472 g/mol. The largest absolute Gasteiger partial charge is 0.350 e. The molecule has 0 atom stereocenters. The van der Waals surface area contributed by atoms with Crippen molar-refractivity contribution in [2.45, 2.75) is 13.5 Å². The SMILES string of the molecule is CC(=O)c1cccc(NC(=O)Cn2nc3c(-c4nc(-c5cccc(F)c5)no4)cccn3c2=O)c1. The molecule has 0 saturated carbocycles. The summed E-state index contributed by atoms with van der Waals surface area (Å²) in [5, 5.41) is 10.8. The zero-order chi connectivity index (χ0) is 24.5. The molecular weight excluding hydrogens is 455 g/mol. The highest BCUT2D eigenvalue weighted by atomic mass is 19.1. The number of hydrogen-bond donors (Lipinski definition) is 1. The van der Waals surface area contributed by atoms with E-state index in [1.54, 1.807) is 42.5 Å². The Morgan fingerprint density at radius 2 is 1.91 bits per heavy atom. The molecule has 0 aliphatic carbocycles. The molecule has 0 bridgehead atoms. The highest BCUT2D eigenvalue weighted by Gasteiger charge is 2.19. The Balaban J connectivity index is 1.43. The second kappa shape index (κ2) is 8.78. The molecule has 2 aromatic carbocycles. The lowest BCUT2D eigenvalue weighted by Gasteiger charge is -2.05. The monoisotopic (exact) mass is 472 g/mol. The highest BCUT2D eigenvalue weighted by molar-refractivity contribution is 5.97. The lowest BCUT2D eigenvalue weighted by Crippen LogP contribution is -2.28. The number of anilines is 1. The third-order valence-electron chi connectivity index (χ3n) is 5.19. The van der Waals surface area contributed by atoms with Crippen LogP contribution in [0.1, 0.15) is 17.3 Å². The lowest BCUT2D eigenvalue weighted by molar-refractivity contribution is -0.117. The smallest absolute Gasteiger partial charge is 0.333 e.